The summed E-state index contributed by atoms with van der Waals surface area (Å²) in [5.41, 5.74) is 0.166. The Balaban J connectivity index is 1.08. The van der Waals surface area contributed by atoms with Crippen molar-refractivity contribution >= 4 is 5.97 Å². The lowest BCUT2D eigenvalue weighted by Crippen LogP contribution is -2.58. The summed E-state index contributed by atoms with van der Waals surface area (Å²) < 4.78 is 64.1. The Hall–Kier alpha value is -2.31. The van der Waals surface area contributed by atoms with Crippen LogP contribution in [0.25, 0.3) is 0 Å². The highest BCUT2D eigenvalue weighted by atomic mass is 16.7. The van der Waals surface area contributed by atoms with Crippen LogP contribution >= 0.6 is 0 Å². The maximum absolute atomic E-state index is 14.4. The van der Waals surface area contributed by atoms with Gasteiger partial charge in [0.15, 0.2) is 18.4 Å². The van der Waals surface area contributed by atoms with E-state index in [9.17, 15) is 20.1 Å². The third-order valence-electron chi connectivity index (χ3n) is 15.4. The lowest BCUT2D eigenvalue weighted by atomic mass is 9.71. The van der Waals surface area contributed by atoms with Gasteiger partial charge in [-0.2, -0.15) is 0 Å². The van der Waals surface area contributed by atoms with Crippen LogP contribution < -0.4 is 0 Å². The molecule has 8 rings (SSSR count). The molecule has 1 saturated carbocycles. The summed E-state index contributed by atoms with van der Waals surface area (Å²) in [5, 5.41) is 34.3. The molecule has 3 N–H and O–H groups in total. The highest BCUT2D eigenvalue weighted by molar-refractivity contribution is 5.78. The SMILES string of the molecule is CO[C@H]1C[C@H](O[C@H]2[C@H](C)O[C@@H](O[C@@H]3/C(C)=C/C[C@@H]4C[C@@H](C[C@]5(C=CC(C)[C@@H](C6CCCCC6)O5)O4)OC(=O)[C@@H]4C=C(C)[C@@H](O)[C@H]5OC/C(=C\C=C\[C@@H]3C)[C@]54O)C[C@@H]2OC)O[C@@H](C)[C@@H]1O. The Kier molecular flexibility index (Phi) is 15.1. The molecule has 1 unspecified atom stereocenters. The van der Waals surface area contributed by atoms with Gasteiger partial charge < -0.3 is 62.7 Å². The van der Waals surface area contributed by atoms with E-state index < -0.39 is 90.8 Å². The number of carbonyl (C=O) groups is 1. The van der Waals surface area contributed by atoms with Crippen molar-refractivity contribution in [1.29, 1.82) is 0 Å². The number of fused-ring (bicyclic) bond motifs is 2. The van der Waals surface area contributed by atoms with Gasteiger partial charge in [0.05, 0.1) is 49.3 Å². The Morgan fingerprint density at radius 2 is 1.53 bits per heavy atom. The van der Waals surface area contributed by atoms with Crippen LogP contribution in [0.4, 0.5) is 0 Å². The number of methoxy groups -OCH3 is 2. The monoisotopic (exact) mass is 899 g/mol. The molecule has 14 heteroatoms. The van der Waals surface area contributed by atoms with Crippen LogP contribution in [0.15, 0.2) is 59.3 Å². The second kappa shape index (κ2) is 20.1. The van der Waals surface area contributed by atoms with E-state index in [4.69, 9.17) is 47.4 Å². The number of hydrogen-bond donors (Lipinski definition) is 3. The van der Waals surface area contributed by atoms with Gasteiger partial charge >= 0.3 is 5.97 Å². The van der Waals surface area contributed by atoms with Gasteiger partial charge in [0.25, 0.3) is 0 Å². The van der Waals surface area contributed by atoms with Crippen LogP contribution in [0.5, 0.6) is 0 Å². The first-order valence-corrected chi connectivity index (χ1v) is 24.0. The van der Waals surface area contributed by atoms with Crippen molar-refractivity contribution in [3.63, 3.8) is 0 Å². The van der Waals surface area contributed by atoms with Crippen LogP contribution in [-0.4, -0.2) is 139 Å². The molecular weight excluding hydrogens is 825 g/mol. The van der Waals surface area contributed by atoms with Gasteiger partial charge in [0.2, 0.25) is 0 Å². The topological polar surface area (TPSA) is 170 Å². The minimum atomic E-state index is -1.83. The number of carbonyl (C=O) groups excluding carboxylic acids is 1. The zero-order valence-corrected chi connectivity index (χ0v) is 39.0. The maximum atomic E-state index is 14.4. The number of hydrogen-bond acceptors (Lipinski definition) is 14. The molecule has 2 bridgehead atoms. The first-order chi connectivity index (χ1) is 30.6. The number of aliphatic hydroxyl groups excluding tert-OH is 2. The Morgan fingerprint density at radius 3 is 2.28 bits per heavy atom. The van der Waals surface area contributed by atoms with Gasteiger partial charge in [-0.25, -0.2) is 0 Å². The minimum absolute atomic E-state index is 0.0242. The quantitative estimate of drug-likeness (QED) is 0.204. The van der Waals surface area contributed by atoms with Crippen molar-refractivity contribution in [3.05, 3.63) is 59.3 Å². The zero-order chi connectivity index (χ0) is 45.5. The maximum Gasteiger partial charge on any atom is 0.316 e. The molecule has 8 aliphatic rings. The van der Waals surface area contributed by atoms with Crippen LogP contribution in [0.2, 0.25) is 0 Å². The molecule has 19 atom stereocenters. The summed E-state index contributed by atoms with van der Waals surface area (Å²) in [6, 6.07) is 0. The van der Waals surface area contributed by atoms with Gasteiger partial charge in [-0.3, -0.25) is 4.79 Å². The Morgan fingerprint density at radius 1 is 0.812 bits per heavy atom. The van der Waals surface area contributed by atoms with Gasteiger partial charge in [-0.15, -0.1) is 0 Å². The summed E-state index contributed by atoms with van der Waals surface area (Å²) in [5.74, 6) is -2.32. The summed E-state index contributed by atoms with van der Waals surface area (Å²) in [6.07, 6.45) is 13.8. The normalized spacial score (nSPS) is 49.2. The lowest BCUT2D eigenvalue weighted by Gasteiger charge is -2.49. The number of aliphatic hydroxyl groups is 3. The van der Waals surface area contributed by atoms with E-state index in [0.29, 0.717) is 49.2 Å². The van der Waals surface area contributed by atoms with Crippen LogP contribution in [0.1, 0.15) is 106 Å². The van der Waals surface area contributed by atoms with Gasteiger partial charge in [-0.1, -0.05) is 69.6 Å². The number of allylic oxidation sites excluding steroid dienone is 2. The standard InChI is InChI=1S/C50H74O14/c1-27-13-12-16-34-26-57-47-42(51)30(4)21-37(50(34,47)54)48(53)60-36-22-35(63-49(25-36)20-19-29(3)45(64-49)33-14-10-9-11-15-33)18-17-28(2)44(27)61-41-24-39(56-8)46(32(6)59-41)62-40-23-38(55-7)43(52)31(5)58-40/h12-13,16-17,19-21,27,29,31-33,35-47,51-52,54H,9-11,14-15,18,22-26H2,1-8H3/b13-12+,28-17+,34-16+/t27-,29?,31-,32-,35+,36-,37-,38-,39-,40-,41-,42+,43-,44-,45-,46-,47+,49+,50+/m0/s1. The van der Waals surface area contributed by atoms with Crippen molar-refractivity contribution in [2.24, 2.45) is 23.7 Å². The predicted octanol–water partition coefficient (Wildman–Crippen LogP) is 5.91. The summed E-state index contributed by atoms with van der Waals surface area (Å²) in [4.78, 5) is 14.4. The van der Waals surface area contributed by atoms with Gasteiger partial charge in [0, 0.05) is 51.7 Å². The molecular formula is C50H74O14. The van der Waals surface area contributed by atoms with Crippen LogP contribution in [-0.2, 0) is 52.2 Å². The second-order valence-electron chi connectivity index (χ2n) is 20.0. The lowest BCUT2D eigenvalue weighted by molar-refractivity contribution is -0.318. The summed E-state index contributed by atoms with van der Waals surface area (Å²) >= 11 is 0. The van der Waals surface area contributed by atoms with E-state index in [1.165, 1.54) is 19.3 Å². The third-order valence-corrected chi connectivity index (χ3v) is 15.4. The van der Waals surface area contributed by atoms with Crippen LogP contribution in [0.3, 0.4) is 0 Å². The molecule has 2 aliphatic carbocycles. The zero-order valence-electron chi connectivity index (χ0n) is 39.0. The van der Waals surface area contributed by atoms with E-state index >= 15 is 0 Å². The highest BCUT2D eigenvalue weighted by Gasteiger charge is 2.60. The number of ether oxygens (including phenoxy) is 10. The summed E-state index contributed by atoms with van der Waals surface area (Å²) in [7, 11) is 3.23. The van der Waals surface area contributed by atoms with Crippen molar-refractivity contribution < 1.29 is 67.5 Å². The molecule has 0 aromatic carbocycles. The highest BCUT2D eigenvalue weighted by Crippen LogP contribution is 2.48. The molecule has 0 aromatic rings. The van der Waals surface area contributed by atoms with E-state index in [2.05, 4.69) is 32.9 Å². The van der Waals surface area contributed by atoms with Crippen LogP contribution in [0, 0.1) is 23.7 Å². The fraction of sp³-hybridized carbons (Fsp3) is 0.780. The first kappa shape index (κ1) is 48.2. The molecule has 6 heterocycles. The third kappa shape index (κ3) is 9.82. The Bertz CT molecular complexity index is 1790. The fourth-order valence-corrected chi connectivity index (χ4v) is 11.7. The van der Waals surface area contributed by atoms with E-state index in [-0.39, 0.29) is 36.8 Å². The van der Waals surface area contributed by atoms with Crippen molar-refractivity contribution in [2.45, 2.75) is 203 Å². The fourth-order valence-electron chi connectivity index (χ4n) is 11.7. The molecule has 64 heavy (non-hydrogen) atoms. The molecule has 358 valence electrons. The van der Waals surface area contributed by atoms with Crippen molar-refractivity contribution in [3.8, 4) is 0 Å². The van der Waals surface area contributed by atoms with Gasteiger partial charge in [-0.05, 0) is 75.7 Å². The molecule has 0 amide bonds. The average Bonchev–Trinajstić information content (AvgIpc) is 3.62. The molecule has 6 aliphatic heterocycles. The second-order valence-corrected chi connectivity index (χ2v) is 20.0. The number of esters is 1. The van der Waals surface area contributed by atoms with E-state index in [1.807, 2.05) is 25.2 Å². The molecule has 0 aromatic heterocycles. The van der Waals surface area contributed by atoms with Crippen molar-refractivity contribution in [1.82, 2.24) is 0 Å². The molecule has 5 fully saturated rings. The number of rotatable bonds is 7. The molecule has 0 radical (unpaired) electrons. The van der Waals surface area contributed by atoms with Gasteiger partial charge in [0.1, 0.15) is 42.0 Å². The summed E-state index contributed by atoms with van der Waals surface area (Å²) in [6.45, 7) is 11.9. The predicted molar refractivity (Wildman–Crippen MR) is 234 cm³/mol. The van der Waals surface area contributed by atoms with E-state index in [0.717, 1.165) is 18.4 Å². The molecule has 4 saturated heterocycles. The smallest absolute Gasteiger partial charge is 0.316 e. The first-order valence-electron chi connectivity index (χ1n) is 24.0. The minimum Gasteiger partial charge on any atom is -0.462 e. The molecule has 14 nitrogen and oxygen atoms in total. The Labute approximate surface area is 379 Å². The molecule has 1 spiro atoms. The van der Waals surface area contributed by atoms with Crippen molar-refractivity contribution in [2.75, 3.05) is 20.8 Å². The van der Waals surface area contributed by atoms with E-state index in [1.54, 1.807) is 40.2 Å². The average molecular weight is 899 g/mol. The largest absolute Gasteiger partial charge is 0.462 e.